The normalized spacial score (nSPS) is 17.1. The zero-order valence-electron chi connectivity index (χ0n) is 14.4. The van der Waals surface area contributed by atoms with Gasteiger partial charge in [0.1, 0.15) is 0 Å². The Morgan fingerprint density at radius 2 is 1.07 bits per heavy atom. The standard InChI is InChI=1S/C13H14ClF13O2S/c14-30(28,29)4-2-1-3-7(10(16,17)18)5-8(11(19,20)21)6-9(15,12(22,23)24)13(25,26)27/h7-8H,1-6H2. The van der Waals surface area contributed by atoms with Crippen molar-refractivity contribution < 1.29 is 65.5 Å². The van der Waals surface area contributed by atoms with Crippen LogP contribution in [0.5, 0.6) is 0 Å². The molecule has 2 nitrogen and oxygen atoms in total. The van der Waals surface area contributed by atoms with Gasteiger partial charge >= 0.3 is 24.7 Å². The fourth-order valence-corrected chi connectivity index (χ4v) is 3.36. The summed E-state index contributed by atoms with van der Waals surface area (Å²) < 4.78 is 188. The molecule has 182 valence electrons. The molecule has 0 fully saturated rings. The molecule has 0 N–H and O–H groups in total. The first kappa shape index (κ1) is 29.3. The molecule has 0 bridgehead atoms. The Kier molecular flexibility index (Phi) is 9.24. The largest absolute Gasteiger partial charge is 0.431 e. The Hall–Kier alpha value is -0.670. The topological polar surface area (TPSA) is 34.1 Å². The first-order valence-electron chi connectivity index (χ1n) is 7.80. The Morgan fingerprint density at radius 1 is 0.667 bits per heavy atom. The molecule has 30 heavy (non-hydrogen) atoms. The fraction of sp³-hybridized carbons (Fsp3) is 1.00. The highest BCUT2D eigenvalue weighted by atomic mass is 35.7. The third-order valence-corrected chi connectivity index (χ3v) is 5.35. The zero-order chi connectivity index (χ0) is 24.4. The number of rotatable bonds is 9. The summed E-state index contributed by atoms with van der Waals surface area (Å²) in [4.78, 5) is 0. The predicted octanol–water partition coefficient (Wildman–Crippen LogP) is 6.70. The van der Waals surface area contributed by atoms with Crippen LogP contribution in [0.4, 0.5) is 57.1 Å². The Morgan fingerprint density at radius 3 is 1.37 bits per heavy atom. The number of unbranched alkanes of at least 4 members (excludes halogenated alkanes) is 1. The summed E-state index contributed by atoms with van der Waals surface area (Å²) in [6, 6.07) is 0. The van der Waals surface area contributed by atoms with Gasteiger partial charge in [0.15, 0.2) is 0 Å². The van der Waals surface area contributed by atoms with Crippen molar-refractivity contribution in [2.24, 2.45) is 11.8 Å². The molecule has 0 rings (SSSR count). The van der Waals surface area contributed by atoms with Gasteiger partial charge in [-0.3, -0.25) is 0 Å². The summed E-state index contributed by atoms with van der Waals surface area (Å²) in [6.07, 6.45) is -33.4. The maximum atomic E-state index is 13.7. The van der Waals surface area contributed by atoms with Gasteiger partial charge in [-0.05, 0) is 19.3 Å². The van der Waals surface area contributed by atoms with Crippen molar-refractivity contribution in [2.45, 2.75) is 62.5 Å². The first-order valence-corrected chi connectivity index (χ1v) is 10.3. The van der Waals surface area contributed by atoms with E-state index in [-0.39, 0.29) is 0 Å². The molecule has 17 heteroatoms. The van der Waals surface area contributed by atoms with E-state index < -0.39 is 89.1 Å². The van der Waals surface area contributed by atoms with Crippen molar-refractivity contribution in [1.29, 1.82) is 0 Å². The maximum Gasteiger partial charge on any atom is 0.431 e. The summed E-state index contributed by atoms with van der Waals surface area (Å²) in [5.41, 5.74) is -6.39. The second-order valence-corrected chi connectivity index (χ2v) is 9.35. The Labute approximate surface area is 166 Å². The lowest BCUT2D eigenvalue weighted by Crippen LogP contribution is -2.55. The van der Waals surface area contributed by atoms with Crippen molar-refractivity contribution in [1.82, 2.24) is 0 Å². The lowest BCUT2D eigenvalue weighted by molar-refractivity contribution is -0.353. The van der Waals surface area contributed by atoms with Crippen molar-refractivity contribution >= 4 is 19.7 Å². The van der Waals surface area contributed by atoms with E-state index in [0.717, 1.165) is 0 Å². The van der Waals surface area contributed by atoms with E-state index in [1.54, 1.807) is 0 Å². The van der Waals surface area contributed by atoms with Crippen LogP contribution in [0.15, 0.2) is 0 Å². The van der Waals surface area contributed by atoms with Crippen LogP contribution in [0, 0.1) is 11.8 Å². The average Bonchev–Trinajstić information content (AvgIpc) is 2.43. The maximum absolute atomic E-state index is 13.7. The third kappa shape index (κ3) is 8.83. The molecule has 0 spiro atoms. The molecule has 0 amide bonds. The third-order valence-electron chi connectivity index (χ3n) is 4.11. The van der Waals surface area contributed by atoms with Gasteiger partial charge in [0.05, 0.1) is 17.6 Å². The van der Waals surface area contributed by atoms with Crippen LogP contribution in [0.25, 0.3) is 0 Å². The molecule has 0 heterocycles. The van der Waals surface area contributed by atoms with Crippen LogP contribution in [0.1, 0.15) is 32.1 Å². The van der Waals surface area contributed by atoms with E-state index in [0.29, 0.717) is 0 Å². The second-order valence-electron chi connectivity index (χ2n) is 6.45. The molecule has 0 aromatic carbocycles. The summed E-state index contributed by atoms with van der Waals surface area (Å²) >= 11 is 0. The predicted molar refractivity (Wildman–Crippen MR) is 77.8 cm³/mol. The van der Waals surface area contributed by atoms with Crippen molar-refractivity contribution in [3.05, 3.63) is 0 Å². The molecular formula is C13H14ClF13O2S. The highest BCUT2D eigenvalue weighted by molar-refractivity contribution is 8.13. The monoisotopic (exact) mass is 516 g/mol. The van der Waals surface area contributed by atoms with E-state index in [9.17, 15) is 65.5 Å². The number of hydrogen-bond donors (Lipinski definition) is 0. The van der Waals surface area contributed by atoms with Crippen LogP contribution in [-0.2, 0) is 9.05 Å². The molecule has 0 aliphatic carbocycles. The van der Waals surface area contributed by atoms with Crippen molar-refractivity contribution in [3.63, 3.8) is 0 Å². The van der Waals surface area contributed by atoms with Gasteiger partial charge in [-0.1, -0.05) is 6.42 Å². The van der Waals surface area contributed by atoms with Gasteiger partial charge in [0.25, 0.3) is 5.67 Å². The average molecular weight is 517 g/mol. The van der Waals surface area contributed by atoms with Crippen molar-refractivity contribution in [2.75, 3.05) is 5.75 Å². The van der Waals surface area contributed by atoms with Crippen LogP contribution < -0.4 is 0 Å². The van der Waals surface area contributed by atoms with Crippen LogP contribution in [-0.4, -0.2) is 44.5 Å². The second kappa shape index (κ2) is 9.45. The minimum atomic E-state index is -6.86. The van der Waals surface area contributed by atoms with Crippen LogP contribution >= 0.6 is 10.7 Å². The molecule has 0 saturated carbocycles. The number of halogens is 14. The molecule has 0 aromatic heterocycles. The van der Waals surface area contributed by atoms with Gasteiger partial charge in [0, 0.05) is 17.1 Å². The van der Waals surface area contributed by atoms with Crippen LogP contribution in [0.3, 0.4) is 0 Å². The minimum absolute atomic E-state index is 0.562. The quantitative estimate of drug-likeness (QED) is 0.194. The molecule has 0 radical (unpaired) electrons. The highest BCUT2D eigenvalue weighted by Gasteiger charge is 2.74. The summed E-state index contributed by atoms with van der Waals surface area (Å²) in [6.45, 7) is 0. The summed E-state index contributed by atoms with van der Waals surface area (Å²) in [5.74, 6) is -7.86. The number of hydrogen-bond acceptors (Lipinski definition) is 2. The van der Waals surface area contributed by atoms with Crippen molar-refractivity contribution in [3.8, 4) is 0 Å². The molecule has 0 saturated heterocycles. The van der Waals surface area contributed by atoms with Gasteiger partial charge < -0.3 is 0 Å². The Bertz CT molecular complexity index is 634. The summed E-state index contributed by atoms with van der Waals surface area (Å²) in [7, 11) is 0.638. The lowest BCUT2D eigenvalue weighted by atomic mass is 9.82. The molecule has 2 unspecified atom stereocenters. The van der Waals surface area contributed by atoms with Gasteiger partial charge in [-0.25, -0.2) is 12.8 Å². The molecular weight excluding hydrogens is 503 g/mol. The zero-order valence-corrected chi connectivity index (χ0v) is 16.0. The lowest BCUT2D eigenvalue weighted by Gasteiger charge is -2.35. The highest BCUT2D eigenvalue weighted by Crippen LogP contribution is 2.53. The van der Waals surface area contributed by atoms with E-state index >= 15 is 0 Å². The van der Waals surface area contributed by atoms with Gasteiger partial charge in [-0.2, -0.15) is 52.7 Å². The van der Waals surface area contributed by atoms with Crippen LogP contribution in [0.2, 0.25) is 0 Å². The smallest absolute Gasteiger partial charge is 0.224 e. The molecule has 0 aliphatic rings. The molecule has 0 aromatic rings. The van der Waals surface area contributed by atoms with E-state index in [1.807, 2.05) is 0 Å². The van der Waals surface area contributed by atoms with E-state index in [4.69, 9.17) is 10.7 Å². The van der Waals surface area contributed by atoms with Gasteiger partial charge in [0.2, 0.25) is 9.05 Å². The summed E-state index contributed by atoms with van der Waals surface area (Å²) in [5, 5.41) is 0. The molecule has 0 aliphatic heterocycles. The van der Waals surface area contributed by atoms with E-state index in [2.05, 4.69) is 0 Å². The number of alkyl halides is 13. The van der Waals surface area contributed by atoms with E-state index in [1.165, 1.54) is 0 Å². The van der Waals surface area contributed by atoms with Gasteiger partial charge in [-0.15, -0.1) is 0 Å². The SMILES string of the molecule is O=S(=O)(Cl)CCCCC(CC(CC(F)(C(F)(F)F)C(F)(F)F)C(F)(F)F)C(F)(F)F. The Balaban J connectivity index is 5.73. The molecule has 2 atom stereocenters. The minimum Gasteiger partial charge on any atom is -0.224 e. The fourth-order valence-electron chi connectivity index (χ4n) is 2.49. The first-order chi connectivity index (χ1) is 12.9.